The Morgan fingerprint density at radius 2 is 1.84 bits per heavy atom. The summed E-state index contributed by atoms with van der Waals surface area (Å²) in [6, 6.07) is 13.4. The van der Waals surface area contributed by atoms with Crippen LogP contribution >= 0.6 is 31.9 Å². The van der Waals surface area contributed by atoms with Crippen molar-refractivity contribution in [1.82, 2.24) is 5.32 Å². The van der Waals surface area contributed by atoms with E-state index in [4.69, 9.17) is 0 Å². The Hall–Kier alpha value is -0.710. The van der Waals surface area contributed by atoms with Gasteiger partial charge in [0.25, 0.3) is 0 Å². The Morgan fingerprint density at radius 1 is 1.11 bits per heavy atom. The zero-order valence-electron chi connectivity index (χ0n) is 10.5. The predicted octanol–water partition coefficient (Wildman–Crippen LogP) is 5.20. The van der Waals surface area contributed by atoms with Crippen molar-refractivity contribution in [1.29, 1.82) is 0 Å². The molecule has 0 bridgehead atoms. The molecule has 0 aliphatic carbocycles. The number of benzene rings is 2. The maximum atomic E-state index is 13.7. The van der Waals surface area contributed by atoms with E-state index < -0.39 is 0 Å². The topological polar surface area (TPSA) is 12.0 Å². The molecule has 0 unspecified atom stereocenters. The third-order valence-electron chi connectivity index (χ3n) is 2.96. The molecule has 0 saturated heterocycles. The van der Waals surface area contributed by atoms with Gasteiger partial charge in [0.15, 0.2) is 0 Å². The first-order valence-electron chi connectivity index (χ1n) is 5.99. The highest BCUT2D eigenvalue weighted by molar-refractivity contribution is 9.10. The number of nitrogens with one attached hydrogen (secondary N) is 1. The van der Waals surface area contributed by atoms with E-state index in [1.807, 2.05) is 18.2 Å². The molecule has 1 nitrogen and oxygen atoms in total. The van der Waals surface area contributed by atoms with Gasteiger partial charge >= 0.3 is 0 Å². The van der Waals surface area contributed by atoms with Gasteiger partial charge in [-0.1, -0.05) is 50.1 Å². The fourth-order valence-corrected chi connectivity index (χ4v) is 2.57. The molecule has 0 spiro atoms. The lowest BCUT2D eigenvalue weighted by Crippen LogP contribution is -2.18. The van der Waals surface area contributed by atoms with Crippen molar-refractivity contribution >= 4 is 31.9 Å². The highest BCUT2D eigenvalue weighted by Crippen LogP contribution is 2.19. The summed E-state index contributed by atoms with van der Waals surface area (Å²) in [4.78, 5) is 0. The first-order chi connectivity index (χ1) is 9.06. The fourth-order valence-electron chi connectivity index (χ4n) is 1.82. The van der Waals surface area contributed by atoms with E-state index in [9.17, 15) is 4.39 Å². The van der Waals surface area contributed by atoms with Crippen LogP contribution in [0.15, 0.2) is 51.4 Å². The van der Waals surface area contributed by atoms with E-state index >= 15 is 0 Å². The van der Waals surface area contributed by atoms with Gasteiger partial charge in [0.1, 0.15) is 5.82 Å². The zero-order valence-corrected chi connectivity index (χ0v) is 13.6. The summed E-state index contributed by atoms with van der Waals surface area (Å²) in [5.74, 6) is -0.191. The van der Waals surface area contributed by atoms with Crippen LogP contribution in [0.1, 0.15) is 24.1 Å². The molecule has 0 aliphatic heterocycles. The molecule has 0 saturated carbocycles. The maximum absolute atomic E-state index is 13.7. The van der Waals surface area contributed by atoms with Gasteiger partial charge in [-0.2, -0.15) is 0 Å². The monoisotopic (exact) mass is 385 g/mol. The largest absolute Gasteiger partial charge is 0.306 e. The van der Waals surface area contributed by atoms with Crippen LogP contribution in [0.25, 0.3) is 0 Å². The van der Waals surface area contributed by atoms with Crippen molar-refractivity contribution in [3.8, 4) is 0 Å². The molecule has 0 radical (unpaired) electrons. The molecular weight excluding hydrogens is 373 g/mol. The SMILES string of the molecule is C[C@H](NCc1ccc(Br)cc1F)c1cccc(Br)c1. The lowest BCUT2D eigenvalue weighted by atomic mass is 10.1. The van der Waals surface area contributed by atoms with Crippen molar-refractivity contribution in [2.45, 2.75) is 19.5 Å². The molecule has 100 valence electrons. The van der Waals surface area contributed by atoms with Crippen molar-refractivity contribution < 1.29 is 4.39 Å². The third-order valence-corrected chi connectivity index (χ3v) is 3.95. The van der Waals surface area contributed by atoms with Crippen LogP contribution in [0.3, 0.4) is 0 Å². The van der Waals surface area contributed by atoms with Crippen molar-refractivity contribution in [3.05, 3.63) is 68.4 Å². The van der Waals surface area contributed by atoms with E-state index in [-0.39, 0.29) is 11.9 Å². The molecule has 2 aromatic carbocycles. The van der Waals surface area contributed by atoms with E-state index in [2.05, 4.69) is 56.2 Å². The standard InChI is InChI=1S/C15H14Br2FN/c1-10(11-3-2-4-13(16)7-11)19-9-12-5-6-14(17)8-15(12)18/h2-8,10,19H,9H2,1H3/t10-/m0/s1. The second-order valence-corrected chi connectivity index (χ2v) is 6.22. The molecule has 0 aromatic heterocycles. The predicted molar refractivity (Wildman–Crippen MR) is 83.5 cm³/mol. The Labute approximate surface area is 129 Å². The van der Waals surface area contributed by atoms with Crippen LogP contribution in [-0.4, -0.2) is 0 Å². The average molecular weight is 387 g/mol. The fraction of sp³-hybridized carbons (Fsp3) is 0.200. The minimum absolute atomic E-state index is 0.167. The van der Waals surface area contributed by atoms with Gasteiger partial charge in [-0.25, -0.2) is 4.39 Å². The van der Waals surface area contributed by atoms with Gasteiger partial charge in [0.2, 0.25) is 0 Å². The van der Waals surface area contributed by atoms with Gasteiger partial charge in [-0.15, -0.1) is 0 Å². The smallest absolute Gasteiger partial charge is 0.128 e. The van der Waals surface area contributed by atoms with Gasteiger partial charge in [-0.05, 0) is 36.8 Å². The molecule has 19 heavy (non-hydrogen) atoms. The number of hydrogen-bond donors (Lipinski definition) is 1. The van der Waals surface area contributed by atoms with Crippen molar-refractivity contribution in [2.24, 2.45) is 0 Å². The van der Waals surface area contributed by atoms with E-state index in [1.165, 1.54) is 11.6 Å². The van der Waals surface area contributed by atoms with Crippen LogP contribution < -0.4 is 5.32 Å². The third kappa shape index (κ3) is 4.13. The van der Waals surface area contributed by atoms with Crippen LogP contribution in [0.5, 0.6) is 0 Å². The second kappa shape index (κ2) is 6.64. The summed E-state index contributed by atoms with van der Waals surface area (Å²) in [6.45, 7) is 2.57. The molecule has 2 rings (SSSR count). The molecule has 0 amide bonds. The van der Waals surface area contributed by atoms with Crippen molar-refractivity contribution in [2.75, 3.05) is 0 Å². The summed E-state index contributed by atoms with van der Waals surface area (Å²) >= 11 is 6.71. The summed E-state index contributed by atoms with van der Waals surface area (Å²) in [6.07, 6.45) is 0. The minimum Gasteiger partial charge on any atom is -0.306 e. The lowest BCUT2D eigenvalue weighted by Gasteiger charge is -2.15. The van der Waals surface area contributed by atoms with Gasteiger partial charge < -0.3 is 5.32 Å². The molecule has 4 heteroatoms. The van der Waals surface area contributed by atoms with Crippen LogP contribution in [0, 0.1) is 5.82 Å². The molecule has 0 fully saturated rings. The molecule has 1 N–H and O–H groups in total. The quantitative estimate of drug-likeness (QED) is 0.761. The summed E-state index contributed by atoms with van der Waals surface area (Å²) in [5.41, 5.74) is 1.84. The summed E-state index contributed by atoms with van der Waals surface area (Å²) < 4.78 is 15.5. The highest BCUT2D eigenvalue weighted by Gasteiger charge is 2.07. The number of hydrogen-bond acceptors (Lipinski definition) is 1. The molecule has 1 atom stereocenters. The summed E-state index contributed by atoms with van der Waals surface area (Å²) in [5, 5.41) is 3.33. The Balaban J connectivity index is 2.02. The van der Waals surface area contributed by atoms with E-state index in [0.29, 0.717) is 12.1 Å². The van der Waals surface area contributed by atoms with Gasteiger partial charge in [0, 0.05) is 27.1 Å². The first kappa shape index (κ1) is 14.7. The normalized spacial score (nSPS) is 12.4. The minimum atomic E-state index is -0.191. The van der Waals surface area contributed by atoms with Gasteiger partial charge in [0.05, 0.1) is 0 Å². The molecule has 0 heterocycles. The number of rotatable bonds is 4. The summed E-state index contributed by atoms with van der Waals surface area (Å²) in [7, 11) is 0. The first-order valence-corrected chi connectivity index (χ1v) is 7.57. The Bertz CT molecular complexity index is 572. The van der Waals surface area contributed by atoms with E-state index in [1.54, 1.807) is 6.07 Å². The Kier molecular flexibility index (Phi) is 5.13. The molecule has 2 aromatic rings. The van der Waals surface area contributed by atoms with Gasteiger partial charge in [-0.3, -0.25) is 0 Å². The highest BCUT2D eigenvalue weighted by atomic mass is 79.9. The van der Waals surface area contributed by atoms with Crippen LogP contribution in [0.4, 0.5) is 4.39 Å². The van der Waals surface area contributed by atoms with Crippen LogP contribution in [0.2, 0.25) is 0 Å². The zero-order chi connectivity index (χ0) is 13.8. The molecule has 0 aliphatic rings. The number of halogens is 3. The maximum Gasteiger partial charge on any atom is 0.128 e. The second-order valence-electron chi connectivity index (χ2n) is 4.39. The average Bonchev–Trinajstić information content (AvgIpc) is 2.37. The van der Waals surface area contributed by atoms with Crippen LogP contribution in [-0.2, 0) is 6.54 Å². The molecular formula is C15H14Br2FN. The van der Waals surface area contributed by atoms with Crippen molar-refractivity contribution in [3.63, 3.8) is 0 Å². The Morgan fingerprint density at radius 3 is 2.53 bits per heavy atom. The van der Waals surface area contributed by atoms with E-state index in [0.717, 1.165) is 8.95 Å². The lowest BCUT2D eigenvalue weighted by molar-refractivity contribution is 0.544.